The molecule has 0 radical (unpaired) electrons. The highest BCUT2D eigenvalue weighted by atomic mass is 79.9. The molecule has 3 rings (SSSR count). The first-order valence-electron chi connectivity index (χ1n) is 10.4. The lowest BCUT2D eigenvalue weighted by atomic mass is 10.1. The van der Waals surface area contributed by atoms with Crippen LogP contribution in [-0.4, -0.2) is 13.2 Å². The minimum atomic E-state index is 0.424. The summed E-state index contributed by atoms with van der Waals surface area (Å²) in [5.74, 6) is 1.48. The summed E-state index contributed by atoms with van der Waals surface area (Å²) in [6, 6.07) is 23.6. The molecule has 0 saturated heterocycles. The number of nitrogens with one attached hydrogen (secondary N) is 1. The Morgan fingerprint density at radius 1 is 0.933 bits per heavy atom. The summed E-state index contributed by atoms with van der Waals surface area (Å²) < 4.78 is 12.6. The molecule has 4 heteroatoms. The van der Waals surface area contributed by atoms with Gasteiger partial charge in [0.25, 0.3) is 0 Å². The number of methoxy groups -OCH3 is 1. The number of halogens is 1. The third-order valence-corrected chi connectivity index (χ3v) is 5.75. The number of hydrogen-bond donors (Lipinski definition) is 1. The topological polar surface area (TPSA) is 30.5 Å². The van der Waals surface area contributed by atoms with E-state index in [0.29, 0.717) is 12.6 Å². The zero-order valence-corrected chi connectivity index (χ0v) is 19.5. The van der Waals surface area contributed by atoms with Crippen LogP contribution < -0.4 is 14.8 Å². The van der Waals surface area contributed by atoms with E-state index in [-0.39, 0.29) is 0 Å². The Balaban J connectivity index is 1.56. The molecule has 1 N–H and O–H groups in total. The van der Waals surface area contributed by atoms with Crippen LogP contribution in [0.2, 0.25) is 0 Å². The van der Waals surface area contributed by atoms with Crippen molar-refractivity contribution in [1.82, 2.24) is 5.32 Å². The monoisotopic (exact) mass is 467 g/mol. The van der Waals surface area contributed by atoms with Gasteiger partial charge in [-0.05, 0) is 71.4 Å². The largest absolute Gasteiger partial charge is 0.493 e. The fourth-order valence-corrected chi connectivity index (χ4v) is 3.88. The van der Waals surface area contributed by atoms with Crippen molar-refractivity contribution < 1.29 is 9.47 Å². The molecule has 3 aromatic rings. The van der Waals surface area contributed by atoms with Crippen LogP contribution in [-0.2, 0) is 19.6 Å². The number of aryl methyl sites for hydroxylation is 2. The zero-order chi connectivity index (χ0) is 21.3. The highest BCUT2D eigenvalue weighted by Crippen LogP contribution is 2.37. The highest BCUT2D eigenvalue weighted by Gasteiger charge is 2.13. The molecule has 3 nitrogen and oxygen atoms in total. The number of benzene rings is 3. The van der Waals surface area contributed by atoms with E-state index in [9.17, 15) is 0 Å². The van der Waals surface area contributed by atoms with Crippen molar-refractivity contribution in [2.24, 2.45) is 0 Å². The summed E-state index contributed by atoms with van der Waals surface area (Å²) in [4.78, 5) is 0. The molecule has 0 saturated carbocycles. The van der Waals surface area contributed by atoms with Crippen LogP contribution in [0.15, 0.2) is 71.2 Å². The van der Waals surface area contributed by atoms with Crippen LogP contribution in [0.5, 0.6) is 11.5 Å². The second-order valence-electron chi connectivity index (χ2n) is 7.69. The van der Waals surface area contributed by atoms with Crippen LogP contribution in [0.4, 0.5) is 0 Å². The van der Waals surface area contributed by atoms with Crippen molar-refractivity contribution in [3.8, 4) is 11.5 Å². The van der Waals surface area contributed by atoms with Crippen molar-refractivity contribution in [2.75, 3.05) is 7.11 Å². The van der Waals surface area contributed by atoms with Crippen molar-refractivity contribution in [3.05, 3.63) is 93.5 Å². The lowest BCUT2D eigenvalue weighted by Gasteiger charge is -2.17. The lowest BCUT2D eigenvalue weighted by Crippen LogP contribution is -2.26. The quantitative estimate of drug-likeness (QED) is 0.371. The fourth-order valence-electron chi connectivity index (χ4n) is 3.28. The van der Waals surface area contributed by atoms with Gasteiger partial charge in [0.15, 0.2) is 11.5 Å². The Morgan fingerprint density at radius 3 is 2.37 bits per heavy atom. The molecule has 0 aliphatic heterocycles. The van der Waals surface area contributed by atoms with Crippen LogP contribution in [0, 0.1) is 6.92 Å². The van der Waals surface area contributed by atoms with Gasteiger partial charge in [0, 0.05) is 12.6 Å². The first-order chi connectivity index (χ1) is 14.5. The molecule has 0 heterocycles. The summed E-state index contributed by atoms with van der Waals surface area (Å²) in [6.45, 7) is 5.60. The standard InChI is InChI=1S/C26H30BrNO2/c1-19-9-12-22(13-10-19)18-30-26-24(27)15-23(16-25(26)29-3)17-28-20(2)11-14-21-7-5-4-6-8-21/h4-10,12-13,15-16,20,28H,11,14,17-18H2,1-3H3/t20-/m0/s1. The van der Waals surface area contributed by atoms with Crippen molar-refractivity contribution in [3.63, 3.8) is 0 Å². The van der Waals surface area contributed by atoms with Gasteiger partial charge in [-0.3, -0.25) is 0 Å². The van der Waals surface area contributed by atoms with Gasteiger partial charge in [0.1, 0.15) is 6.61 Å². The highest BCUT2D eigenvalue weighted by molar-refractivity contribution is 9.10. The van der Waals surface area contributed by atoms with Gasteiger partial charge in [-0.25, -0.2) is 0 Å². The van der Waals surface area contributed by atoms with Crippen LogP contribution in [0.1, 0.15) is 35.6 Å². The van der Waals surface area contributed by atoms with Crippen molar-refractivity contribution in [1.29, 1.82) is 0 Å². The molecule has 158 valence electrons. The summed E-state index contributed by atoms with van der Waals surface area (Å²) in [7, 11) is 1.68. The summed E-state index contributed by atoms with van der Waals surface area (Å²) in [5.41, 5.74) is 4.92. The van der Waals surface area contributed by atoms with Crippen molar-refractivity contribution >= 4 is 15.9 Å². The smallest absolute Gasteiger partial charge is 0.175 e. The normalized spacial score (nSPS) is 11.9. The molecule has 0 bridgehead atoms. The molecule has 30 heavy (non-hydrogen) atoms. The van der Waals surface area contributed by atoms with E-state index in [0.717, 1.165) is 46.5 Å². The van der Waals surface area contributed by atoms with E-state index in [1.54, 1.807) is 7.11 Å². The predicted octanol–water partition coefficient (Wildman–Crippen LogP) is 6.46. The molecule has 0 aromatic heterocycles. The van der Waals surface area contributed by atoms with Crippen LogP contribution in [0.25, 0.3) is 0 Å². The summed E-state index contributed by atoms with van der Waals surface area (Å²) in [5, 5.41) is 3.61. The predicted molar refractivity (Wildman–Crippen MR) is 127 cm³/mol. The Hall–Kier alpha value is -2.30. The molecular weight excluding hydrogens is 438 g/mol. The first-order valence-corrected chi connectivity index (χ1v) is 11.2. The van der Waals surface area contributed by atoms with E-state index in [4.69, 9.17) is 9.47 Å². The Morgan fingerprint density at radius 2 is 1.67 bits per heavy atom. The molecule has 0 unspecified atom stereocenters. The molecule has 0 fully saturated rings. The van der Waals surface area contributed by atoms with Gasteiger partial charge in [-0.15, -0.1) is 0 Å². The third kappa shape index (κ3) is 6.61. The number of hydrogen-bond acceptors (Lipinski definition) is 3. The molecule has 0 amide bonds. The second kappa shape index (κ2) is 11.2. The van der Waals surface area contributed by atoms with Crippen LogP contribution >= 0.6 is 15.9 Å². The summed E-state index contributed by atoms with van der Waals surface area (Å²) >= 11 is 3.66. The van der Waals surface area contributed by atoms with E-state index in [1.807, 2.05) is 6.07 Å². The Kier molecular flexibility index (Phi) is 8.35. The van der Waals surface area contributed by atoms with Gasteiger partial charge in [-0.2, -0.15) is 0 Å². The SMILES string of the molecule is COc1cc(CN[C@@H](C)CCc2ccccc2)cc(Br)c1OCc1ccc(C)cc1. The molecule has 0 aliphatic rings. The van der Waals surface area contributed by atoms with Crippen LogP contribution in [0.3, 0.4) is 0 Å². The minimum absolute atomic E-state index is 0.424. The third-order valence-electron chi connectivity index (χ3n) is 5.16. The maximum Gasteiger partial charge on any atom is 0.175 e. The maximum atomic E-state index is 6.06. The number of ether oxygens (including phenoxy) is 2. The fraction of sp³-hybridized carbons (Fsp3) is 0.308. The van der Waals surface area contributed by atoms with Gasteiger partial charge >= 0.3 is 0 Å². The Bertz CT molecular complexity index is 926. The molecular formula is C26H30BrNO2. The minimum Gasteiger partial charge on any atom is -0.493 e. The van der Waals surface area contributed by atoms with Gasteiger partial charge in [0.2, 0.25) is 0 Å². The van der Waals surface area contributed by atoms with E-state index in [2.05, 4.69) is 95.8 Å². The van der Waals surface area contributed by atoms with Crippen molar-refractivity contribution in [2.45, 2.75) is 45.9 Å². The average Bonchev–Trinajstić information content (AvgIpc) is 2.77. The number of rotatable bonds is 10. The zero-order valence-electron chi connectivity index (χ0n) is 18.0. The molecule has 3 aromatic carbocycles. The maximum absolute atomic E-state index is 6.06. The van der Waals surface area contributed by atoms with Gasteiger partial charge < -0.3 is 14.8 Å². The second-order valence-corrected chi connectivity index (χ2v) is 8.54. The van der Waals surface area contributed by atoms with Gasteiger partial charge in [-0.1, -0.05) is 60.2 Å². The molecule has 1 atom stereocenters. The average molecular weight is 468 g/mol. The van der Waals surface area contributed by atoms with E-state index in [1.165, 1.54) is 11.1 Å². The van der Waals surface area contributed by atoms with E-state index < -0.39 is 0 Å². The first kappa shape index (κ1) is 22.4. The van der Waals surface area contributed by atoms with E-state index >= 15 is 0 Å². The Labute approximate surface area is 188 Å². The van der Waals surface area contributed by atoms with Gasteiger partial charge in [0.05, 0.1) is 11.6 Å². The molecule has 0 aliphatic carbocycles. The summed E-state index contributed by atoms with van der Waals surface area (Å²) in [6.07, 6.45) is 2.17. The molecule has 0 spiro atoms. The lowest BCUT2D eigenvalue weighted by molar-refractivity contribution is 0.282.